The highest BCUT2D eigenvalue weighted by atomic mass is 31.2. The molecule has 0 aromatic rings. The van der Waals surface area contributed by atoms with E-state index in [1.54, 1.807) is 0 Å². The molecule has 0 aliphatic heterocycles. The Morgan fingerprint density at radius 1 is 0.310 bits per heavy atom. The van der Waals surface area contributed by atoms with Crippen LogP contribution in [0, 0.1) is 0 Å². The first-order chi connectivity index (χ1) is 49.0. The zero-order valence-electron chi connectivity index (χ0n) is 64.3. The van der Waals surface area contributed by atoms with Crippen LogP contribution in [0.1, 0.15) is 296 Å². The van der Waals surface area contributed by atoms with E-state index >= 15 is 0 Å². The number of allylic oxidation sites excluding steroid dienone is 34. The Kier molecular flexibility index (Phi) is 73.5. The summed E-state index contributed by atoms with van der Waals surface area (Å²) in [6.07, 6.45) is 122. The second-order valence-corrected chi connectivity index (χ2v) is 28.4. The lowest BCUT2D eigenvalue weighted by Crippen LogP contribution is -2.37. The molecule has 0 aromatic carbocycles. The van der Waals surface area contributed by atoms with Gasteiger partial charge in [0.2, 0.25) is 0 Å². The van der Waals surface area contributed by atoms with E-state index in [4.69, 9.17) is 18.5 Å². The Labute approximate surface area is 615 Å². The molecule has 2 unspecified atom stereocenters. The number of rotatable bonds is 71. The Balaban J connectivity index is 4.09. The van der Waals surface area contributed by atoms with Crippen LogP contribution in [-0.2, 0) is 32.7 Å². The van der Waals surface area contributed by atoms with Gasteiger partial charge in [-0.05, 0) is 148 Å². The van der Waals surface area contributed by atoms with Crippen molar-refractivity contribution in [1.82, 2.24) is 0 Å². The molecule has 0 aliphatic carbocycles. The molecule has 0 aromatic heterocycles. The van der Waals surface area contributed by atoms with Crippen LogP contribution in [0.3, 0.4) is 0 Å². The molecule has 0 aliphatic rings. The van der Waals surface area contributed by atoms with Crippen molar-refractivity contribution >= 4 is 19.8 Å². The van der Waals surface area contributed by atoms with Crippen molar-refractivity contribution in [2.24, 2.45) is 0 Å². The molecule has 10 heteroatoms. The van der Waals surface area contributed by atoms with Crippen molar-refractivity contribution in [2.75, 3.05) is 47.5 Å². The van der Waals surface area contributed by atoms with E-state index in [1.165, 1.54) is 109 Å². The number of unbranched alkanes of at least 4 members (excludes halogenated alkanes) is 23. The minimum absolute atomic E-state index is 0.0201. The molecule has 0 radical (unpaired) electrons. The van der Waals surface area contributed by atoms with Gasteiger partial charge in [-0.15, -0.1) is 0 Å². The summed E-state index contributed by atoms with van der Waals surface area (Å²) < 4.78 is 34.8. The molecular formula is C90H147NO8P+. The number of ether oxygens (including phenoxy) is 2. The van der Waals surface area contributed by atoms with E-state index in [0.717, 1.165) is 154 Å². The number of carbonyl (C=O) groups excluding carboxylic acids is 2. The van der Waals surface area contributed by atoms with Gasteiger partial charge in [0.1, 0.15) is 19.8 Å². The quantitative estimate of drug-likeness (QED) is 0.0211. The van der Waals surface area contributed by atoms with E-state index in [-0.39, 0.29) is 32.0 Å². The summed E-state index contributed by atoms with van der Waals surface area (Å²) in [7, 11) is 1.45. The summed E-state index contributed by atoms with van der Waals surface area (Å²) in [5, 5.41) is 0. The highest BCUT2D eigenvalue weighted by Crippen LogP contribution is 2.43. The predicted octanol–water partition coefficient (Wildman–Crippen LogP) is 26.9. The number of esters is 2. The van der Waals surface area contributed by atoms with Crippen LogP contribution in [0.5, 0.6) is 0 Å². The summed E-state index contributed by atoms with van der Waals surface area (Å²) in [4.78, 5) is 36.0. The number of phosphoric ester groups is 1. The molecule has 0 amide bonds. The van der Waals surface area contributed by atoms with Gasteiger partial charge in [-0.1, -0.05) is 342 Å². The second-order valence-electron chi connectivity index (χ2n) is 27.0. The Bertz CT molecular complexity index is 2450. The van der Waals surface area contributed by atoms with Crippen LogP contribution in [0.15, 0.2) is 207 Å². The van der Waals surface area contributed by atoms with Crippen LogP contribution < -0.4 is 0 Å². The Morgan fingerprint density at radius 2 is 0.540 bits per heavy atom. The van der Waals surface area contributed by atoms with Gasteiger partial charge >= 0.3 is 19.8 Å². The van der Waals surface area contributed by atoms with Gasteiger partial charge in [-0.3, -0.25) is 18.6 Å². The number of hydrogen-bond donors (Lipinski definition) is 1. The molecular weight excluding hydrogens is 1250 g/mol. The van der Waals surface area contributed by atoms with Gasteiger partial charge in [0, 0.05) is 12.8 Å². The van der Waals surface area contributed by atoms with Crippen LogP contribution in [0.2, 0.25) is 0 Å². The molecule has 2 atom stereocenters. The molecule has 100 heavy (non-hydrogen) atoms. The first-order valence-corrected chi connectivity index (χ1v) is 41.3. The summed E-state index contributed by atoms with van der Waals surface area (Å²) in [6, 6.07) is 0. The van der Waals surface area contributed by atoms with Crippen LogP contribution in [0.4, 0.5) is 0 Å². The van der Waals surface area contributed by atoms with Crippen LogP contribution in [0.25, 0.3) is 0 Å². The van der Waals surface area contributed by atoms with Crippen molar-refractivity contribution in [3.05, 3.63) is 207 Å². The van der Waals surface area contributed by atoms with E-state index in [1.807, 2.05) is 21.1 Å². The maximum atomic E-state index is 12.9. The van der Waals surface area contributed by atoms with E-state index in [2.05, 4.69) is 220 Å². The highest BCUT2D eigenvalue weighted by molar-refractivity contribution is 7.47. The summed E-state index contributed by atoms with van der Waals surface area (Å²) >= 11 is 0. The molecule has 0 saturated carbocycles. The van der Waals surface area contributed by atoms with E-state index < -0.39 is 26.5 Å². The number of phosphoric acid groups is 1. The third kappa shape index (κ3) is 81.6. The maximum absolute atomic E-state index is 12.9. The normalized spacial score (nSPS) is 14.2. The van der Waals surface area contributed by atoms with Gasteiger partial charge in [0.25, 0.3) is 0 Å². The molecule has 564 valence electrons. The molecule has 0 heterocycles. The third-order valence-electron chi connectivity index (χ3n) is 16.3. The number of hydrogen-bond acceptors (Lipinski definition) is 7. The van der Waals surface area contributed by atoms with Crippen molar-refractivity contribution < 1.29 is 42.1 Å². The smallest absolute Gasteiger partial charge is 0.462 e. The standard InChI is InChI=1S/C90H146NO8P/c1-6-8-10-12-14-16-18-20-22-24-26-28-30-32-34-36-38-40-42-43-44-45-46-47-49-51-53-55-57-59-61-63-65-67-69-71-73-75-77-79-81-83-90(93)99-88(87-98-100(94,95)97-85-84-91(3,4)5)86-96-89(92)82-80-78-76-74-72-70-68-66-64-62-60-58-56-54-52-50-48-41-39-37-35-33-31-29-27-25-23-21-19-17-15-13-11-9-7-2/h8-11,14-17,20-23,26-29,32-35,38-41,43-44,46-47,51,53,57,59,63,65,88H,6-7,12-13,18-19,24-25,30-31,36-37,42,45,48-50,52,54-56,58,60-62,64,66-87H2,1-5H3/p+1/b10-8-,11-9-,16-14-,17-15-,22-20-,23-21-,28-26-,29-27-,34-32-,35-33-,40-38-,41-39-,44-43-,47-46-,53-51-,59-57-,65-63-. The van der Waals surface area contributed by atoms with Crippen molar-refractivity contribution in [3.8, 4) is 0 Å². The number of quaternary nitrogens is 1. The summed E-state index contributed by atoms with van der Waals surface area (Å²) in [5.41, 5.74) is 0. The largest absolute Gasteiger partial charge is 0.472 e. The van der Waals surface area contributed by atoms with Gasteiger partial charge < -0.3 is 18.9 Å². The topological polar surface area (TPSA) is 108 Å². The molecule has 0 saturated heterocycles. The average molecular weight is 1400 g/mol. The Hall–Kier alpha value is -5.41. The number of nitrogens with zero attached hydrogens (tertiary/aromatic N) is 1. The zero-order chi connectivity index (χ0) is 72.5. The fourth-order valence-corrected chi connectivity index (χ4v) is 11.1. The molecule has 1 N–H and O–H groups in total. The number of likely N-dealkylation sites (N-methyl/N-ethyl adjacent to an activating group) is 1. The second kappa shape index (κ2) is 77.7. The van der Waals surface area contributed by atoms with Gasteiger partial charge in [0.05, 0.1) is 27.7 Å². The van der Waals surface area contributed by atoms with E-state index in [9.17, 15) is 19.0 Å². The number of carbonyl (C=O) groups is 2. The zero-order valence-corrected chi connectivity index (χ0v) is 65.2. The lowest BCUT2D eigenvalue weighted by Gasteiger charge is -2.24. The van der Waals surface area contributed by atoms with Gasteiger partial charge in [-0.2, -0.15) is 0 Å². The van der Waals surface area contributed by atoms with E-state index in [0.29, 0.717) is 17.4 Å². The summed E-state index contributed by atoms with van der Waals surface area (Å²) in [5.74, 6) is -0.817. The fraction of sp³-hybridized carbons (Fsp3) is 0.600. The molecule has 0 fully saturated rings. The minimum atomic E-state index is -4.41. The molecule has 0 bridgehead atoms. The van der Waals surface area contributed by atoms with Crippen molar-refractivity contribution in [2.45, 2.75) is 302 Å². The Morgan fingerprint density at radius 3 is 0.800 bits per heavy atom. The minimum Gasteiger partial charge on any atom is -0.462 e. The van der Waals surface area contributed by atoms with Crippen molar-refractivity contribution in [1.29, 1.82) is 0 Å². The van der Waals surface area contributed by atoms with Crippen molar-refractivity contribution in [3.63, 3.8) is 0 Å². The molecule has 0 spiro atoms. The van der Waals surface area contributed by atoms with Crippen LogP contribution >= 0.6 is 7.82 Å². The average Bonchev–Trinajstić information content (AvgIpc) is 1.30. The third-order valence-corrected chi connectivity index (χ3v) is 17.3. The lowest BCUT2D eigenvalue weighted by molar-refractivity contribution is -0.870. The lowest BCUT2D eigenvalue weighted by atomic mass is 10.0. The first-order valence-electron chi connectivity index (χ1n) is 39.8. The molecule has 0 rings (SSSR count). The van der Waals surface area contributed by atoms with Gasteiger partial charge in [0.15, 0.2) is 6.10 Å². The van der Waals surface area contributed by atoms with Crippen LogP contribution in [-0.4, -0.2) is 74.9 Å². The highest BCUT2D eigenvalue weighted by Gasteiger charge is 2.27. The maximum Gasteiger partial charge on any atom is 0.472 e. The monoisotopic (exact) mass is 1400 g/mol. The SMILES string of the molecule is CC/C=C\C/C=C\C/C=C\C/C=C\C/C=C\C/C=C\C/C=C\C/C=C\C/C=C\C/C=C\C/C=C\CCCCCCCCCC(=O)OC(COC(=O)CCCCCCCCCCCCCCCCCC/C=C\C/C=C\C/C=C\C/C=C\C/C=C\C/C=C\CC)COP(=O)(O)OCC[N+](C)(C)C. The summed E-state index contributed by atoms with van der Waals surface area (Å²) in [6.45, 7) is 4.19. The first kappa shape index (κ1) is 94.6. The predicted molar refractivity (Wildman–Crippen MR) is 435 cm³/mol. The fourth-order valence-electron chi connectivity index (χ4n) is 10.3. The molecule has 9 nitrogen and oxygen atoms in total. The van der Waals surface area contributed by atoms with Gasteiger partial charge in [-0.25, -0.2) is 4.57 Å².